The molecule has 7 heteroatoms. The van der Waals surface area contributed by atoms with Crippen LogP contribution in [-0.2, 0) is 13.0 Å². The number of likely N-dealkylation sites (N-methyl/N-ethyl adjacent to an activating group) is 1. The summed E-state index contributed by atoms with van der Waals surface area (Å²) >= 11 is 0. The van der Waals surface area contributed by atoms with Crippen LogP contribution in [0, 0.1) is 13.8 Å². The van der Waals surface area contributed by atoms with Gasteiger partial charge in [-0.2, -0.15) is 4.98 Å². The summed E-state index contributed by atoms with van der Waals surface area (Å²) in [7, 11) is 1.73. The summed E-state index contributed by atoms with van der Waals surface area (Å²) in [4.78, 5) is 18.3. The van der Waals surface area contributed by atoms with Gasteiger partial charge in [-0.25, -0.2) is 4.79 Å². The Labute approximate surface area is 164 Å². The van der Waals surface area contributed by atoms with E-state index in [1.807, 2.05) is 62.4 Å². The third kappa shape index (κ3) is 5.33. The average molecular weight is 380 g/mol. The van der Waals surface area contributed by atoms with Gasteiger partial charge in [0.15, 0.2) is 12.4 Å². The van der Waals surface area contributed by atoms with Crippen molar-refractivity contribution < 1.29 is 14.1 Å². The number of nitrogens with one attached hydrogen (secondary N) is 1. The SMILES string of the molecule is Cc1ccc(NC(=O)N(C)CCc2noc(COc3ccccc3)n2)c(C)c1. The lowest BCUT2D eigenvalue weighted by atomic mass is 10.1. The van der Waals surface area contributed by atoms with Crippen molar-refractivity contribution in [1.82, 2.24) is 15.0 Å². The van der Waals surface area contributed by atoms with E-state index in [9.17, 15) is 4.79 Å². The molecule has 0 aliphatic heterocycles. The van der Waals surface area contributed by atoms with E-state index in [1.165, 1.54) is 0 Å². The topological polar surface area (TPSA) is 80.5 Å². The van der Waals surface area contributed by atoms with Crippen LogP contribution in [0.1, 0.15) is 22.8 Å². The maximum Gasteiger partial charge on any atom is 0.321 e. The predicted octanol–water partition coefficient (Wildman–Crippen LogP) is 3.97. The molecular weight excluding hydrogens is 356 g/mol. The number of nitrogens with zero attached hydrogens (tertiary/aromatic N) is 3. The van der Waals surface area contributed by atoms with Crippen molar-refractivity contribution in [1.29, 1.82) is 0 Å². The van der Waals surface area contributed by atoms with Gasteiger partial charge >= 0.3 is 6.03 Å². The Kier molecular flexibility index (Phi) is 6.26. The van der Waals surface area contributed by atoms with Crippen LogP contribution in [0.2, 0.25) is 0 Å². The van der Waals surface area contributed by atoms with Crippen LogP contribution in [0.3, 0.4) is 0 Å². The molecule has 1 aromatic heterocycles. The molecule has 0 spiro atoms. The molecule has 0 radical (unpaired) electrons. The normalized spacial score (nSPS) is 10.5. The number of aryl methyl sites for hydroxylation is 2. The quantitative estimate of drug-likeness (QED) is 0.671. The lowest BCUT2D eigenvalue weighted by molar-refractivity contribution is 0.222. The number of para-hydroxylation sites is 1. The van der Waals surface area contributed by atoms with E-state index in [0.717, 1.165) is 22.6 Å². The number of hydrogen-bond acceptors (Lipinski definition) is 5. The molecule has 0 saturated carbocycles. The number of anilines is 1. The lowest BCUT2D eigenvalue weighted by Crippen LogP contribution is -2.33. The Morgan fingerprint density at radius 3 is 2.71 bits per heavy atom. The van der Waals surface area contributed by atoms with Crippen molar-refractivity contribution >= 4 is 11.7 Å². The summed E-state index contributed by atoms with van der Waals surface area (Å²) in [6.07, 6.45) is 0.492. The van der Waals surface area contributed by atoms with Gasteiger partial charge in [-0.15, -0.1) is 0 Å². The third-order valence-corrected chi connectivity index (χ3v) is 4.26. The van der Waals surface area contributed by atoms with Crippen molar-refractivity contribution in [2.75, 3.05) is 18.9 Å². The van der Waals surface area contributed by atoms with Gasteiger partial charge in [0.25, 0.3) is 5.89 Å². The zero-order valence-corrected chi connectivity index (χ0v) is 16.3. The molecule has 1 N–H and O–H groups in total. The molecule has 7 nitrogen and oxygen atoms in total. The van der Waals surface area contributed by atoms with Crippen LogP contribution < -0.4 is 10.1 Å². The van der Waals surface area contributed by atoms with Crippen molar-refractivity contribution in [2.24, 2.45) is 0 Å². The second kappa shape index (κ2) is 9.03. The summed E-state index contributed by atoms with van der Waals surface area (Å²) in [5, 5.41) is 6.86. The zero-order chi connectivity index (χ0) is 19.9. The Morgan fingerprint density at radius 1 is 1.18 bits per heavy atom. The second-order valence-corrected chi connectivity index (χ2v) is 6.63. The molecule has 0 aliphatic carbocycles. The van der Waals surface area contributed by atoms with E-state index < -0.39 is 0 Å². The molecule has 0 unspecified atom stereocenters. The number of amides is 2. The number of hydrogen-bond donors (Lipinski definition) is 1. The first-order chi connectivity index (χ1) is 13.5. The first-order valence-electron chi connectivity index (χ1n) is 9.10. The highest BCUT2D eigenvalue weighted by molar-refractivity contribution is 5.90. The van der Waals surface area contributed by atoms with Gasteiger partial charge in [0, 0.05) is 25.7 Å². The minimum atomic E-state index is -0.178. The monoisotopic (exact) mass is 380 g/mol. The van der Waals surface area contributed by atoms with Gasteiger partial charge in [-0.1, -0.05) is 41.1 Å². The average Bonchev–Trinajstić information content (AvgIpc) is 3.15. The Hall–Kier alpha value is -3.35. The smallest absolute Gasteiger partial charge is 0.321 e. The van der Waals surface area contributed by atoms with Gasteiger partial charge < -0.3 is 19.5 Å². The first kappa shape index (κ1) is 19.4. The molecule has 3 aromatic rings. The maximum atomic E-state index is 12.4. The fourth-order valence-corrected chi connectivity index (χ4v) is 2.65. The Morgan fingerprint density at radius 2 is 1.96 bits per heavy atom. The van der Waals surface area contributed by atoms with Crippen LogP contribution in [-0.4, -0.2) is 34.7 Å². The van der Waals surface area contributed by atoms with Crippen LogP contribution in [0.4, 0.5) is 10.5 Å². The second-order valence-electron chi connectivity index (χ2n) is 6.63. The van der Waals surface area contributed by atoms with E-state index in [-0.39, 0.29) is 12.6 Å². The molecule has 28 heavy (non-hydrogen) atoms. The van der Waals surface area contributed by atoms with E-state index in [2.05, 4.69) is 15.5 Å². The fraction of sp³-hybridized carbons (Fsp3) is 0.286. The molecule has 2 aromatic carbocycles. The lowest BCUT2D eigenvalue weighted by Gasteiger charge is -2.18. The number of carbonyl (C=O) groups is 1. The Bertz CT molecular complexity index is 924. The molecule has 0 aliphatic rings. The predicted molar refractivity (Wildman–Crippen MR) is 106 cm³/mol. The highest BCUT2D eigenvalue weighted by Crippen LogP contribution is 2.16. The highest BCUT2D eigenvalue weighted by atomic mass is 16.5. The van der Waals surface area contributed by atoms with Gasteiger partial charge in [-0.3, -0.25) is 0 Å². The fourth-order valence-electron chi connectivity index (χ4n) is 2.65. The molecule has 0 saturated heterocycles. The van der Waals surface area contributed by atoms with E-state index in [1.54, 1.807) is 11.9 Å². The van der Waals surface area contributed by atoms with E-state index >= 15 is 0 Å². The van der Waals surface area contributed by atoms with Gasteiger partial charge in [0.05, 0.1) is 0 Å². The van der Waals surface area contributed by atoms with Crippen LogP contribution in [0.15, 0.2) is 53.1 Å². The molecule has 0 bridgehead atoms. The van der Waals surface area contributed by atoms with Crippen molar-refractivity contribution in [3.8, 4) is 5.75 Å². The number of ether oxygens (including phenoxy) is 1. The summed E-state index contributed by atoms with van der Waals surface area (Å²) in [6.45, 7) is 4.67. The first-order valence-corrected chi connectivity index (χ1v) is 9.10. The summed E-state index contributed by atoms with van der Waals surface area (Å²) in [5.41, 5.74) is 3.00. The standard InChI is InChI=1S/C21H24N4O3/c1-15-9-10-18(16(2)13-15)22-21(26)25(3)12-11-19-23-20(28-24-19)14-27-17-7-5-4-6-8-17/h4-10,13H,11-12,14H2,1-3H3,(H,22,26). The molecule has 2 amide bonds. The van der Waals surface area contributed by atoms with Crippen molar-refractivity contribution in [3.63, 3.8) is 0 Å². The number of benzene rings is 2. The van der Waals surface area contributed by atoms with Crippen molar-refractivity contribution in [3.05, 3.63) is 71.4 Å². The Balaban J connectivity index is 1.47. The molecule has 1 heterocycles. The van der Waals surface area contributed by atoms with Crippen molar-refractivity contribution in [2.45, 2.75) is 26.9 Å². The minimum Gasteiger partial charge on any atom is -0.484 e. The molecule has 146 valence electrons. The van der Waals surface area contributed by atoms with Gasteiger partial charge in [0.1, 0.15) is 5.75 Å². The van der Waals surface area contributed by atoms with E-state index in [0.29, 0.717) is 24.7 Å². The molecular formula is C21H24N4O3. The third-order valence-electron chi connectivity index (χ3n) is 4.26. The number of aromatic nitrogens is 2. The largest absolute Gasteiger partial charge is 0.484 e. The van der Waals surface area contributed by atoms with Crippen LogP contribution >= 0.6 is 0 Å². The summed E-state index contributed by atoms with van der Waals surface area (Å²) in [6, 6.07) is 15.2. The zero-order valence-electron chi connectivity index (χ0n) is 16.3. The number of rotatable bonds is 7. The summed E-state index contributed by atoms with van der Waals surface area (Å²) < 4.78 is 10.8. The van der Waals surface area contributed by atoms with E-state index in [4.69, 9.17) is 9.26 Å². The van der Waals surface area contributed by atoms with Gasteiger partial charge in [-0.05, 0) is 37.6 Å². The molecule has 0 fully saturated rings. The highest BCUT2D eigenvalue weighted by Gasteiger charge is 2.13. The van der Waals surface area contributed by atoms with Gasteiger partial charge in [0.2, 0.25) is 0 Å². The minimum absolute atomic E-state index is 0.178. The molecule has 0 atom stereocenters. The van der Waals surface area contributed by atoms with Crippen LogP contribution in [0.5, 0.6) is 5.75 Å². The van der Waals surface area contributed by atoms with Crippen LogP contribution in [0.25, 0.3) is 0 Å². The number of carbonyl (C=O) groups excluding carboxylic acids is 1. The number of urea groups is 1. The maximum absolute atomic E-state index is 12.4. The summed E-state index contributed by atoms with van der Waals surface area (Å²) in [5.74, 6) is 1.68. The molecule has 3 rings (SSSR count).